The van der Waals surface area contributed by atoms with Gasteiger partial charge in [0.2, 0.25) is 5.78 Å². The fourth-order valence-electron chi connectivity index (χ4n) is 3.76. The Labute approximate surface area is 177 Å². The van der Waals surface area contributed by atoms with E-state index in [4.69, 9.17) is 14.7 Å². The second kappa shape index (κ2) is 9.43. The summed E-state index contributed by atoms with van der Waals surface area (Å²) in [5, 5.41) is 8.91. The minimum absolute atomic E-state index is 0.0147. The predicted octanol–water partition coefficient (Wildman–Crippen LogP) is 5.11. The van der Waals surface area contributed by atoms with E-state index in [1.807, 2.05) is 56.3 Å². The van der Waals surface area contributed by atoms with E-state index in [2.05, 4.69) is 17.6 Å². The summed E-state index contributed by atoms with van der Waals surface area (Å²) in [6.45, 7) is 6.60. The molecular formula is C25H26N2O3. The van der Waals surface area contributed by atoms with Gasteiger partial charge in [-0.25, -0.2) is 0 Å². The molecule has 0 radical (unpaired) electrons. The van der Waals surface area contributed by atoms with Gasteiger partial charge >= 0.3 is 0 Å². The number of ether oxygens (including phenoxy) is 2. The zero-order valence-electron chi connectivity index (χ0n) is 17.8. The number of carbonyl (C=O) groups excluding carboxylic acids is 1. The number of ketones is 1. The minimum atomic E-state index is -0.0462. The highest BCUT2D eigenvalue weighted by Gasteiger charge is 2.19. The molecule has 0 bridgehead atoms. The molecule has 0 aliphatic heterocycles. The highest BCUT2D eigenvalue weighted by Crippen LogP contribution is 2.24. The van der Waals surface area contributed by atoms with Crippen LogP contribution in [0.25, 0.3) is 11.1 Å². The molecule has 3 aromatic rings. The maximum Gasteiger partial charge on any atom is 0.202 e. The van der Waals surface area contributed by atoms with Crippen LogP contribution < -0.4 is 4.74 Å². The topological polar surface area (TPSA) is 64.2 Å². The van der Waals surface area contributed by atoms with Crippen LogP contribution in [0.1, 0.15) is 40.3 Å². The summed E-state index contributed by atoms with van der Waals surface area (Å²) in [6, 6.07) is 19.2. The zero-order valence-corrected chi connectivity index (χ0v) is 17.8. The molecular weight excluding hydrogens is 376 g/mol. The van der Waals surface area contributed by atoms with E-state index in [0.29, 0.717) is 23.5 Å². The number of hydrogen-bond donors (Lipinski definition) is 0. The molecule has 2 aromatic carbocycles. The third-order valence-corrected chi connectivity index (χ3v) is 5.20. The Morgan fingerprint density at radius 3 is 2.23 bits per heavy atom. The van der Waals surface area contributed by atoms with Gasteiger partial charge in [-0.15, -0.1) is 0 Å². The number of benzene rings is 2. The van der Waals surface area contributed by atoms with Crippen molar-refractivity contribution >= 4 is 5.78 Å². The molecule has 30 heavy (non-hydrogen) atoms. The number of hydrogen-bond acceptors (Lipinski definition) is 4. The van der Waals surface area contributed by atoms with Crippen LogP contribution >= 0.6 is 0 Å². The first-order valence-electron chi connectivity index (χ1n) is 9.88. The van der Waals surface area contributed by atoms with Gasteiger partial charge in [-0.2, -0.15) is 5.26 Å². The molecule has 3 rings (SSSR count). The summed E-state index contributed by atoms with van der Waals surface area (Å²) in [7, 11) is 1.68. The highest BCUT2D eigenvalue weighted by atomic mass is 16.5. The van der Waals surface area contributed by atoms with Gasteiger partial charge in [0.15, 0.2) is 6.61 Å². The lowest BCUT2D eigenvalue weighted by Crippen LogP contribution is -2.16. The molecule has 0 amide bonds. The molecule has 1 aromatic heterocycles. The molecule has 1 unspecified atom stereocenters. The Balaban J connectivity index is 1.66. The van der Waals surface area contributed by atoms with Crippen molar-refractivity contribution in [2.45, 2.75) is 26.8 Å². The van der Waals surface area contributed by atoms with Crippen LogP contribution in [-0.4, -0.2) is 30.7 Å². The largest absolute Gasteiger partial charge is 0.485 e. The normalized spacial score (nSPS) is 11.7. The lowest BCUT2D eigenvalue weighted by atomic mass is 10.0. The Kier molecular flexibility index (Phi) is 6.71. The van der Waals surface area contributed by atoms with Gasteiger partial charge in [-0.1, -0.05) is 24.3 Å². The van der Waals surface area contributed by atoms with Crippen molar-refractivity contribution in [1.82, 2.24) is 4.57 Å². The van der Waals surface area contributed by atoms with Crippen molar-refractivity contribution < 1.29 is 14.3 Å². The van der Waals surface area contributed by atoms with E-state index in [-0.39, 0.29) is 18.4 Å². The maximum absolute atomic E-state index is 12.7. The van der Waals surface area contributed by atoms with E-state index >= 15 is 0 Å². The zero-order chi connectivity index (χ0) is 21.7. The summed E-state index contributed by atoms with van der Waals surface area (Å²) < 4.78 is 13.1. The quantitative estimate of drug-likeness (QED) is 0.491. The average molecular weight is 402 g/mol. The number of methoxy groups -OCH3 is 1. The van der Waals surface area contributed by atoms with E-state index in [0.717, 1.165) is 22.5 Å². The number of nitrogens with zero attached hydrogens (tertiary/aromatic N) is 2. The number of aromatic nitrogens is 1. The second-order valence-corrected chi connectivity index (χ2v) is 7.38. The van der Waals surface area contributed by atoms with Gasteiger partial charge < -0.3 is 14.0 Å². The third-order valence-electron chi connectivity index (χ3n) is 5.20. The van der Waals surface area contributed by atoms with Gasteiger partial charge in [0.1, 0.15) is 5.75 Å². The lowest BCUT2D eigenvalue weighted by Gasteiger charge is -2.17. The Bertz CT molecular complexity index is 1060. The van der Waals surface area contributed by atoms with Crippen LogP contribution in [0.4, 0.5) is 0 Å². The molecule has 0 saturated carbocycles. The number of nitriles is 1. The first kappa shape index (κ1) is 21.4. The maximum atomic E-state index is 12.7. The Morgan fingerprint density at radius 1 is 1.07 bits per heavy atom. The van der Waals surface area contributed by atoms with Crippen molar-refractivity contribution in [3.8, 4) is 22.9 Å². The van der Waals surface area contributed by atoms with E-state index in [1.165, 1.54) is 0 Å². The number of Topliss-reactive ketones (excluding diaryl/α,β-unsaturated/α-hetero) is 1. The van der Waals surface area contributed by atoms with Gasteiger partial charge in [0.25, 0.3) is 0 Å². The lowest BCUT2D eigenvalue weighted by molar-refractivity contribution is 0.0920. The van der Waals surface area contributed by atoms with E-state index < -0.39 is 0 Å². The monoisotopic (exact) mass is 402 g/mol. The van der Waals surface area contributed by atoms with Crippen molar-refractivity contribution in [1.29, 1.82) is 5.26 Å². The Hall–Kier alpha value is -3.36. The summed E-state index contributed by atoms with van der Waals surface area (Å²) >= 11 is 0. The molecule has 0 aliphatic carbocycles. The third kappa shape index (κ3) is 4.61. The second-order valence-electron chi connectivity index (χ2n) is 7.38. The summed E-state index contributed by atoms with van der Waals surface area (Å²) in [6.07, 6.45) is 0. The fourth-order valence-corrected chi connectivity index (χ4v) is 3.76. The molecule has 0 N–H and O–H groups in total. The van der Waals surface area contributed by atoms with Crippen molar-refractivity contribution in [3.63, 3.8) is 0 Å². The highest BCUT2D eigenvalue weighted by molar-refractivity contribution is 5.98. The summed E-state index contributed by atoms with van der Waals surface area (Å²) in [5.74, 6) is 0.595. The van der Waals surface area contributed by atoms with Gasteiger partial charge in [-0.3, -0.25) is 4.79 Å². The van der Waals surface area contributed by atoms with Gasteiger partial charge in [0.05, 0.1) is 24.3 Å². The Morgan fingerprint density at radius 2 is 1.67 bits per heavy atom. The van der Waals surface area contributed by atoms with Gasteiger partial charge in [-0.05, 0) is 62.2 Å². The average Bonchev–Trinajstić information content (AvgIpc) is 3.06. The number of rotatable bonds is 8. The molecule has 154 valence electrons. The standard InChI is InChI=1S/C25H26N2O3/c1-17-13-24(19(3)27(17)18(2)15-29-4)25(28)16-30-23-11-9-22(10-12-23)21-7-5-20(14-26)6-8-21/h5-13,18H,15-16H2,1-4H3. The molecule has 0 fully saturated rings. The van der Waals surface area contributed by atoms with Crippen LogP contribution in [-0.2, 0) is 4.74 Å². The van der Waals surface area contributed by atoms with E-state index in [1.54, 1.807) is 19.2 Å². The van der Waals surface area contributed by atoms with Gasteiger partial charge in [0, 0.05) is 24.1 Å². The van der Waals surface area contributed by atoms with Crippen LogP contribution in [0, 0.1) is 25.2 Å². The molecule has 0 aliphatic rings. The predicted molar refractivity (Wildman–Crippen MR) is 117 cm³/mol. The fraction of sp³-hybridized carbons (Fsp3) is 0.280. The number of aryl methyl sites for hydroxylation is 1. The van der Waals surface area contributed by atoms with E-state index in [9.17, 15) is 4.79 Å². The molecule has 5 heteroatoms. The van der Waals surface area contributed by atoms with Crippen LogP contribution in [0.3, 0.4) is 0 Å². The number of carbonyl (C=O) groups is 1. The van der Waals surface area contributed by atoms with Crippen molar-refractivity contribution in [3.05, 3.63) is 77.1 Å². The molecule has 0 spiro atoms. The first-order valence-corrected chi connectivity index (χ1v) is 9.88. The smallest absolute Gasteiger partial charge is 0.202 e. The summed E-state index contributed by atoms with van der Waals surface area (Å²) in [5.41, 5.74) is 5.33. The van der Waals surface area contributed by atoms with Crippen LogP contribution in [0.2, 0.25) is 0 Å². The minimum Gasteiger partial charge on any atom is -0.485 e. The molecule has 1 heterocycles. The van der Waals surface area contributed by atoms with Crippen molar-refractivity contribution in [2.24, 2.45) is 0 Å². The molecule has 0 saturated heterocycles. The SMILES string of the molecule is COCC(C)n1c(C)cc(C(=O)COc2ccc(-c3ccc(C#N)cc3)cc2)c1C. The molecule has 5 nitrogen and oxygen atoms in total. The summed E-state index contributed by atoms with van der Waals surface area (Å²) in [4.78, 5) is 12.7. The van der Waals surface area contributed by atoms with Crippen LogP contribution in [0.5, 0.6) is 5.75 Å². The van der Waals surface area contributed by atoms with Crippen molar-refractivity contribution in [2.75, 3.05) is 20.3 Å². The molecule has 1 atom stereocenters. The van der Waals surface area contributed by atoms with Crippen LogP contribution in [0.15, 0.2) is 54.6 Å². The first-order chi connectivity index (χ1) is 14.4.